The van der Waals surface area contributed by atoms with Crippen molar-refractivity contribution in [2.75, 3.05) is 26.1 Å². The van der Waals surface area contributed by atoms with Gasteiger partial charge in [-0.05, 0) is 24.3 Å². The lowest BCUT2D eigenvalue weighted by molar-refractivity contribution is -0.132. The van der Waals surface area contributed by atoms with E-state index in [1.54, 1.807) is 26.2 Å². The van der Waals surface area contributed by atoms with Crippen molar-refractivity contribution in [3.05, 3.63) is 83.3 Å². The molecule has 0 atom stereocenters. The second-order valence-electron chi connectivity index (χ2n) is 6.52. The van der Waals surface area contributed by atoms with Crippen molar-refractivity contribution in [3.63, 3.8) is 0 Å². The lowest BCUT2D eigenvalue weighted by Crippen LogP contribution is -2.27. The van der Waals surface area contributed by atoms with Gasteiger partial charge < -0.3 is 25.1 Å². The Labute approximate surface area is 185 Å². The monoisotopic (exact) mass is 446 g/mol. The highest BCUT2D eigenvalue weighted by Crippen LogP contribution is 2.33. The maximum atomic E-state index is 15.0. The summed E-state index contributed by atoms with van der Waals surface area (Å²) < 4.78 is 25.1. The highest BCUT2D eigenvalue weighted by atomic mass is 35.5. The van der Waals surface area contributed by atoms with Crippen LogP contribution >= 0.6 is 11.6 Å². The predicted octanol–water partition coefficient (Wildman–Crippen LogP) is 3.87. The van der Waals surface area contributed by atoms with Gasteiger partial charge in [0.25, 0.3) is 0 Å². The Bertz CT molecular complexity index is 1040. The lowest BCUT2D eigenvalue weighted by Gasteiger charge is -2.18. The molecule has 1 heterocycles. The van der Waals surface area contributed by atoms with Gasteiger partial charge in [0.15, 0.2) is 11.5 Å². The number of ether oxygens (including phenoxy) is 1. The molecule has 2 aromatic rings. The van der Waals surface area contributed by atoms with Crippen molar-refractivity contribution in [3.8, 4) is 0 Å². The van der Waals surface area contributed by atoms with Crippen molar-refractivity contribution in [1.82, 2.24) is 5.32 Å². The maximum absolute atomic E-state index is 15.0. The Balaban J connectivity index is 2.48. The van der Waals surface area contributed by atoms with E-state index in [2.05, 4.69) is 23.5 Å². The summed E-state index contributed by atoms with van der Waals surface area (Å²) in [6.45, 7) is 7.77. The van der Waals surface area contributed by atoms with Gasteiger partial charge in [-0.2, -0.15) is 0 Å². The number of halogens is 2. The minimum atomic E-state index is -0.791. The van der Waals surface area contributed by atoms with Crippen LogP contribution in [0.1, 0.15) is 11.3 Å². The van der Waals surface area contributed by atoms with Gasteiger partial charge >= 0.3 is 5.97 Å². The van der Waals surface area contributed by atoms with Gasteiger partial charge in [0.1, 0.15) is 11.6 Å². The summed E-state index contributed by atoms with van der Waals surface area (Å²) in [6, 6.07) is 6.45. The first-order chi connectivity index (χ1) is 14.7. The fourth-order valence-corrected chi connectivity index (χ4v) is 3.02. The first-order valence-electron chi connectivity index (χ1n) is 9.11. The number of benzene rings is 1. The molecule has 0 spiro atoms. The molecule has 0 saturated carbocycles. The molecule has 0 aliphatic carbocycles. The van der Waals surface area contributed by atoms with E-state index >= 15 is 4.39 Å². The average Bonchev–Trinajstić information content (AvgIpc) is 3.24. The van der Waals surface area contributed by atoms with Gasteiger partial charge in [-0.25, -0.2) is 14.2 Å². The molecule has 0 radical (unpaired) electrons. The largest absolute Gasteiger partial charge is 0.467 e. The smallest absolute Gasteiger partial charge is 0.357 e. The number of carbonyl (C=O) groups is 1. The normalized spacial score (nSPS) is 12.1. The fraction of sp³-hybridized carbons (Fsp3) is 0.182. The number of anilines is 1. The molecule has 31 heavy (non-hydrogen) atoms. The number of hydrogen-bond acceptors (Lipinski definition) is 7. The van der Waals surface area contributed by atoms with Crippen molar-refractivity contribution < 1.29 is 18.3 Å². The quantitative estimate of drug-likeness (QED) is 0.345. The fourth-order valence-electron chi connectivity index (χ4n) is 2.71. The molecule has 9 heteroatoms. The van der Waals surface area contributed by atoms with Crippen LogP contribution in [0.2, 0.25) is 5.02 Å². The number of aliphatic imine (C=N–C) groups is 1. The number of methoxy groups -OCH3 is 1. The summed E-state index contributed by atoms with van der Waals surface area (Å²) >= 11 is 6.10. The molecule has 0 aliphatic rings. The summed E-state index contributed by atoms with van der Waals surface area (Å²) in [6.07, 6.45) is 2.87. The molecule has 0 aliphatic heterocycles. The first-order valence-corrected chi connectivity index (χ1v) is 9.49. The predicted molar refractivity (Wildman–Crippen MR) is 121 cm³/mol. The number of allylic oxidation sites excluding steroid dienone is 1. The molecule has 0 saturated heterocycles. The standard InChI is InChI=1S/C22H24ClFN4O3/c1-6-15(21(25)26-12-14-8-7-11-31-14)19(22(29)30-5)27-13(2)16-9-10-17(23)20(18(16)24)28(3)4/h6-11,26H,1-2,12,25H2,3-5H3/b21-15+,27-19+. The van der Waals surface area contributed by atoms with Crippen molar-refractivity contribution in [2.24, 2.45) is 10.7 Å². The van der Waals surface area contributed by atoms with Gasteiger partial charge in [-0.3, -0.25) is 0 Å². The number of nitrogens with zero attached hydrogens (tertiary/aromatic N) is 2. The van der Waals surface area contributed by atoms with Crippen molar-refractivity contribution in [2.45, 2.75) is 6.54 Å². The molecule has 2 rings (SSSR count). The third-order valence-corrected chi connectivity index (χ3v) is 4.54. The van der Waals surface area contributed by atoms with Gasteiger partial charge in [-0.1, -0.05) is 30.8 Å². The summed E-state index contributed by atoms with van der Waals surface area (Å²) in [5.74, 6) is -0.676. The second-order valence-corrected chi connectivity index (χ2v) is 6.92. The zero-order chi connectivity index (χ0) is 23.1. The van der Waals surface area contributed by atoms with Crippen molar-refractivity contribution in [1.29, 1.82) is 0 Å². The molecule has 0 fully saturated rings. The molecular weight excluding hydrogens is 423 g/mol. The highest BCUT2D eigenvalue weighted by Gasteiger charge is 2.21. The second kappa shape index (κ2) is 10.5. The van der Waals surface area contributed by atoms with Crippen LogP contribution in [-0.4, -0.2) is 32.9 Å². The van der Waals surface area contributed by atoms with Crippen LogP contribution in [0.4, 0.5) is 10.1 Å². The molecule has 1 aromatic heterocycles. The number of nitrogens with one attached hydrogen (secondary N) is 1. The molecule has 0 unspecified atom stereocenters. The van der Waals surface area contributed by atoms with Gasteiger partial charge in [0.2, 0.25) is 0 Å². The van der Waals surface area contributed by atoms with Crippen molar-refractivity contribution >= 4 is 34.7 Å². The Hall–Kier alpha value is -3.52. The Morgan fingerprint density at radius 2 is 2.13 bits per heavy atom. The molecular formula is C22H24ClFN4O3. The maximum Gasteiger partial charge on any atom is 0.357 e. The number of rotatable bonds is 9. The zero-order valence-electron chi connectivity index (χ0n) is 17.5. The summed E-state index contributed by atoms with van der Waals surface area (Å²) in [5.41, 5.74) is 6.31. The number of esters is 1. The van der Waals surface area contributed by atoms with E-state index in [4.69, 9.17) is 26.5 Å². The average molecular weight is 447 g/mol. The Kier molecular flexibility index (Phi) is 8.04. The molecule has 0 bridgehead atoms. The van der Waals surface area contributed by atoms with Crippen LogP contribution in [-0.2, 0) is 16.1 Å². The van der Waals surface area contributed by atoms with E-state index < -0.39 is 11.8 Å². The van der Waals surface area contributed by atoms with Crippen LogP contribution in [0, 0.1) is 5.82 Å². The minimum absolute atomic E-state index is 0.0177. The van der Waals surface area contributed by atoms with Crippen LogP contribution in [0.25, 0.3) is 5.70 Å². The summed E-state index contributed by atoms with van der Waals surface area (Å²) in [5, 5.41) is 3.16. The van der Waals surface area contributed by atoms with Crippen LogP contribution in [0.15, 0.2) is 70.6 Å². The number of nitrogens with two attached hydrogens (primary N) is 1. The molecule has 7 nitrogen and oxygen atoms in total. The van der Waals surface area contributed by atoms with Gasteiger partial charge in [0.05, 0.1) is 36.3 Å². The molecule has 0 amide bonds. The van der Waals surface area contributed by atoms with E-state index in [-0.39, 0.29) is 45.6 Å². The number of carbonyl (C=O) groups excluding carboxylic acids is 1. The Morgan fingerprint density at radius 3 is 2.68 bits per heavy atom. The Morgan fingerprint density at radius 1 is 1.42 bits per heavy atom. The van der Waals surface area contributed by atoms with Gasteiger partial charge in [-0.15, -0.1) is 0 Å². The van der Waals surface area contributed by atoms with E-state index in [1.165, 1.54) is 36.5 Å². The SMILES string of the molecule is C=CC(/C(=N\C(=C)c1ccc(Cl)c(N(C)C)c1F)C(=O)OC)=C(/N)NCc1ccco1. The zero-order valence-corrected chi connectivity index (χ0v) is 18.3. The molecule has 3 N–H and O–H groups in total. The third-order valence-electron chi connectivity index (χ3n) is 4.23. The lowest BCUT2D eigenvalue weighted by atomic mass is 10.1. The minimum Gasteiger partial charge on any atom is -0.467 e. The van der Waals surface area contributed by atoms with Crippen LogP contribution in [0.3, 0.4) is 0 Å². The van der Waals surface area contributed by atoms with E-state index in [1.807, 2.05) is 0 Å². The van der Waals surface area contributed by atoms with E-state index in [0.717, 1.165) is 0 Å². The van der Waals surface area contributed by atoms with Crippen LogP contribution in [0.5, 0.6) is 0 Å². The molecule has 1 aromatic carbocycles. The topological polar surface area (TPSA) is 93.1 Å². The van der Waals surface area contributed by atoms with Crippen LogP contribution < -0.4 is 16.0 Å². The number of furan rings is 1. The van der Waals surface area contributed by atoms with E-state index in [0.29, 0.717) is 5.76 Å². The number of hydrogen-bond donors (Lipinski definition) is 2. The van der Waals surface area contributed by atoms with E-state index in [9.17, 15) is 4.79 Å². The van der Waals surface area contributed by atoms with Gasteiger partial charge in [0, 0.05) is 25.2 Å². The first kappa shape index (κ1) is 23.8. The third kappa shape index (κ3) is 5.55. The summed E-state index contributed by atoms with van der Waals surface area (Å²) in [7, 11) is 4.51. The molecule has 164 valence electrons. The summed E-state index contributed by atoms with van der Waals surface area (Å²) in [4.78, 5) is 18.2. The highest BCUT2D eigenvalue weighted by molar-refractivity contribution is 6.44.